The maximum Gasteiger partial charge on any atom is 0.314 e. The first-order valence-electron chi connectivity index (χ1n) is 7.26. The van der Waals surface area contributed by atoms with E-state index in [4.69, 9.17) is 0 Å². The summed E-state index contributed by atoms with van der Waals surface area (Å²) in [6.07, 6.45) is -1.05. The summed E-state index contributed by atoms with van der Waals surface area (Å²) in [5, 5.41) is 21.8. The monoisotopic (exact) mass is 324 g/mol. The summed E-state index contributed by atoms with van der Waals surface area (Å²) in [5.41, 5.74) is 2.69. The smallest absolute Gasteiger partial charge is 0.314 e. The Hall–Kier alpha value is -2.43. The van der Waals surface area contributed by atoms with Crippen LogP contribution in [0.2, 0.25) is 0 Å². The summed E-state index contributed by atoms with van der Waals surface area (Å²) in [6, 6.07) is 20.8. The molecule has 23 heavy (non-hydrogen) atoms. The molecular formula is C19H16O3S. The van der Waals surface area contributed by atoms with Crippen molar-refractivity contribution < 1.29 is 15.0 Å². The van der Waals surface area contributed by atoms with Crippen LogP contribution in [0.3, 0.4) is 0 Å². The van der Waals surface area contributed by atoms with Crippen LogP contribution in [0, 0.1) is 0 Å². The van der Waals surface area contributed by atoms with E-state index in [0.717, 1.165) is 11.1 Å². The molecule has 0 bridgehead atoms. The minimum absolute atomic E-state index is 0.595. The Morgan fingerprint density at radius 2 is 1.52 bits per heavy atom. The summed E-state index contributed by atoms with van der Waals surface area (Å²) in [5.74, 6) is -2.00. The molecule has 0 aliphatic heterocycles. The number of carbonyl (C=O) groups is 1. The van der Waals surface area contributed by atoms with E-state index in [1.165, 1.54) is 11.3 Å². The lowest BCUT2D eigenvalue weighted by atomic mass is 9.91. The third kappa shape index (κ3) is 3.33. The van der Waals surface area contributed by atoms with E-state index in [-0.39, 0.29) is 0 Å². The number of aliphatic carboxylic acids is 1. The van der Waals surface area contributed by atoms with E-state index >= 15 is 0 Å². The van der Waals surface area contributed by atoms with E-state index in [1.807, 2.05) is 47.8 Å². The summed E-state index contributed by atoms with van der Waals surface area (Å²) in [6.45, 7) is 0. The molecule has 0 unspecified atom stereocenters. The summed E-state index contributed by atoms with van der Waals surface area (Å²) < 4.78 is 0. The van der Waals surface area contributed by atoms with Gasteiger partial charge in [-0.3, -0.25) is 4.79 Å². The largest absolute Gasteiger partial charge is 0.481 e. The van der Waals surface area contributed by atoms with E-state index < -0.39 is 18.0 Å². The fraction of sp³-hybridized carbons (Fsp3) is 0.105. The van der Waals surface area contributed by atoms with Crippen LogP contribution >= 0.6 is 11.3 Å². The standard InChI is InChI=1S/C19H16O3S/c20-18(16-7-4-12-23-16)17(19(21)22)15-10-8-14(9-11-15)13-5-2-1-3-6-13/h1-12,17-18,20H,(H,21,22)/t17-,18-/m0/s1. The number of rotatable bonds is 5. The molecule has 0 fully saturated rings. The molecule has 0 saturated heterocycles. The van der Waals surface area contributed by atoms with Gasteiger partial charge in [0, 0.05) is 4.88 Å². The van der Waals surface area contributed by atoms with E-state index in [0.29, 0.717) is 10.4 Å². The van der Waals surface area contributed by atoms with Crippen LogP contribution in [0.4, 0.5) is 0 Å². The van der Waals surface area contributed by atoms with Crippen molar-refractivity contribution in [2.45, 2.75) is 12.0 Å². The van der Waals surface area contributed by atoms with Gasteiger partial charge in [-0.15, -0.1) is 11.3 Å². The molecule has 0 aliphatic rings. The third-order valence-corrected chi connectivity index (χ3v) is 4.74. The fourth-order valence-corrected chi connectivity index (χ4v) is 3.34. The second kappa shape index (κ2) is 6.77. The average molecular weight is 324 g/mol. The maximum atomic E-state index is 11.6. The first-order chi connectivity index (χ1) is 11.2. The zero-order chi connectivity index (χ0) is 16.2. The highest BCUT2D eigenvalue weighted by molar-refractivity contribution is 7.10. The summed E-state index contributed by atoms with van der Waals surface area (Å²) in [4.78, 5) is 12.3. The first-order valence-corrected chi connectivity index (χ1v) is 8.14. The van der Waals surface area contributed by atoms with E-state index in [1.54, 1.807) is 24.3 Å². The zero-order valence-corrected chi connectivity index (χ0v) is 13.1. The van der Waals surface area contributed by atoms with Gasteiger partial charge in [0.05, 0.1) is 0 Å². The van der Waals surface area contributed by atoms with Crippen molar-refractivity contribution in [1.82, 2.24) is 0 Å². The lowest BCUT2D eigenvalue weighted by molar-refractivity contribution is -0.141. The molecule has 2 aromatic carbocycles. The highest BCUT2D eigenvalue weighted by Gasteiger charge is 2.30. The van der Waals surface area contributed by atoms with E-state index in [9.17, 15) is 15.0 Å². The normalized spacial score (nSPS) is 13.4. The predicted molar refractivity (Wildman–Crippen MR) is 91.5 cm³/mol. The van der Waals surface area contributed by atoms with E-state index in [2.05, 4.69) is 0 Å². The number of carboxylic acids is 1. The minimum atomic E-state index is -1.05. The van der Waals surface area contributed by atoms with Gasteiger partial charge in [-0.25, -0.2) is 0 Å². The van der Waals surface area contributed by atoms with Crippen molar-refractivity contribution in [3.8, 4) is 11.1 Å². The van der Waals surface area contributed by atoms with Gasteiger partial charge in [0.15, 0.2) is 0 Å². The Labute approximate surface area is 138 Å². The first kappa shape index (κ1) is 15.5. The number of carboxylic acid groups (broad SMARTS) is 1. The molecule has 0 spiro atoms. The van der Waals surface area contributed by atoms with Crippen molar-refractivity contribution in [2.24, 2.45) is 0 Å². The van der Waals surface area contributed by atoms with Crippen molar-refractivity contribution in [3.05, 3.63) is 82.6 Å². The number of hydrogen-bond donors (Lipinski definition) is 2. The molecule has 3 rings (SSSR count). The molecule has 0 radical (unpaired) electrons. The lowest BCUT2D eigenvalue weighted by Crippen LogP contribution is -2.19. The summed E-state index contributed by atoms with van der Waals surface area (Å²) in [7, 11) is 0. The van der Waals surface area contributed by atoms with Crippen LogP contribution < -0.4 is 0 Å². The summed E-state index contributed by atoms with van der Waals surface area (Å²) >= 11 is 1.36. The molecular weight excluding hydrogens is 308 g/mol. The number of hydrogen-bond acceptors (Lipinski definition) is 3. The maximum absolute atomic E-state index is 11.6. The number of benzene rings is 2. The molecule has 1 aromatic heterocycles. The second-order valence-electron chi connectivity index (χ2n) is 5.26. The van der Waals surface area contributed by atoms with Gasteiger partial charge in [0.2, 0.25) is 0 Å². The van der Waals surface area contributed by atoms with Gasteiger partial charge in [0.25, 0.3) is 0 Å². The Bertz CT molecular complexity index is 764. The van der Waals surface area contributed by atoms with Crippen LogP contribution in [-0.2, 0) is 4.79 Å². The third-order valence-electron chi connectivity index (χ3n) is 3.79. The molecule has 4 heteroatoms. The van der Waals surface area contributed by atoms with Crippen LogP contribution in [0.5, 0.6) is 0 Å². The second-order valence-corrected chi connectivity index (χ2v) is 6.24. The van der Waals surface area contributed by atoms with Crippen molar-refractivity contribution >= 4 is 17.3 Å². The van der Waals surface area contributed by atoms with Crippen LogP contribution in [0.15, 0.2) is 72.1 Å². The van der Waals surface area contributed by atoms with Crippen molar-refractivity contribution in [1.29, 1.82) is 0 Å². The lowest BCUT2D eigenvalue weighted by Gasteiger charge is -2.19. The topological polar surface area (TPSA) is 57.5 Å². The fourth-order valence-electron chi connectivity index (χ4n) is 2.60. The highest BCUT2D eigenvalue weighted by Crippen LogP contribution is 2.34. The molecule has 1 heterocycles. The molecule has 0 saturated carbocycles. The van der Waals surface area contributed by atoms with Gasteiger partial charge in [-0.05, 0) is 28.1 Å². The van der Waals surface area contributed by atoms with Gasteiger partial charge in [0.1, 0.15) is 12.0 Å². The van der Waals surface area contributed by atoms with Gasteiger partial charge in [-0.2, -0.15) is 0 Å². The van der Waals surface area contributed by atoms with Crippen molar-refractivity contribution in [2.75, 3.05) is 0 Å². The Balaban J connectivity index is 1.91. The molecule has 2 atom stereocenters. The number of aliphatic hydroxyl groups is 1. The van der Waals surface area contributed by atoms with Crippen molar-refractivity contribution in [3.63, 3.8) is 0 Å². The van der Waals surface area contributed by atoms with Gasteiger partial charge in [-0.1, -0.05) is 60.7 Å². The quantitative estimate of drug-likeness (QED) is 0.735. The number of aliphatic hydroxyl groups excluding tert-OH is 1. The Morgan fingerprint density at radius 1 is 0.870 bits per heavy atom. The van der Waals surface area contributed by atoms with Gasteiger partial charge < -0.3 is 10.2 Å². The number of thiophene rings is 1. The molecule has 116 valence electrons. The Kier molecular flexibility index (Phi) is 4.55. The molecule has 0 aliphatic carbocycles. The van der Waals surface area contributed by atoms with Crippen LogP contribution in [0.25, 0.3) is 11.1 Å². The molecule has 3 aromatic rings. The highest BCUT2D eigenvalue weighted by atomic mass is 32.1. The molecule has 3 nitrogen and oxygen atoms in total. The Morgan fingerprint density at radius 3 is 2.09 bits per heavy atom. The van der Waals surface area contributed by atoms with Crippen LogP contribution in [-0.4, -0.2) is 16.2 Å². The van der Waals surface area contributed by atoms with Gasteiger partial charge >= 0.3 is 5.97 Å². The molecule has 0 amide bonds. The predicted octanol–water partition coefficient (Wildman–Crippen LogP) is 4.32. The van der Waals surface area contributed by atoms with Crippen LogP contribution in [0.1, 0.15) is 22.5 Å². The molecule has 2 N–H and O–H groups in total. The zero-order valence-electron chi connectivity index (χ0n) is 12.3. The average Bonchev–Trinajstić information content (AvgIpc) is 3.11. The minimum Gasteiger partial charge on any atom is -0.481 e. The SMILES string of the molecule is O=C(O)[C@@H](c1ccc(-c2ccccc2)cc1)[C@@H](O)c1cccs1.